The summed E-state index contributed by atoms with van der Waals surface area (Å²) < 4.78 is 11.3. The predicted molar refractivity (Wildman–Crippen MR) is 73.8 cm³/mol. The van der Waals surface area contributed by atoms with E-state index in [0.29, 0.717) is 19.7 Å². The van der Waals surface area contributed by atoms with Crippen molar-refractivity contribution in [3.8, 4) is 5.75 Å². The van der Waals surface area contributed by atoms with E-state index >= 15 is 0 Å². The molecular weight excluding hydrogens is 298 g/mol. The van der Waals surface area contributed by atoms with Gasteiger partial charge in [-0.1, -0.05) is 22.9 Å². The van der Waals surface area contributed by atoms with E-state index in [1.54, 1.807) is 0 Å². The summed E-state index contributed by atoms with van der Waals surface area (Å²) in [4.78, 5) is 13.1. The molecule has 0 atom stereocenters. The fourth-order valence-electron chi connectivity index (χ4n) is 1.42. The molecule has 100 valence electrons. The van der Waals surface area contributed by atoms with Crippen LogP contribution < -0.4 is 4.74 Å². The first-order valence-electron chi connectivity index (χ1n) is 5.83. The summed E-state index contributed by atoms with van der Waals surface area (Å²) in [6.45, 7) is 4.34. The van der Waals surface area contributed by atoms with Crippen LogP contribution in [0.4, 0.5) is 0 Å². The third-order valence-electron chi connectivity index (χ3n) is 2.52. The molecule has 18 heavy (non-hydrogen) atoms. The number of carbonyl (C=O) groups is 1. The smallest absolute Gasteiger partial charge is 0.319 e. The first kappa shape index (κ1) is 15.0. The first-order valence-corrected chi connectivity index (χ1v) is 6.62. The summed E-state index contributed by atoms with van der Waals surface area (Å²) >= 11 is 3.37. The Labute approximate surface area is 116 Å². The zero-order valence-electron chi connectivity index (χ0n) is 10.7. The molecule has 1 rings (SSSR count). The number of ether oxygens (including phenoxy) is 2. The average molecular weight is 316 g/mol. The molecule has 0 fully saturated rings. The lowest BCUT2D eigenvalue weighted by Crippen LogP contribution is -2.33. The Morgan fingerprint density at radius 2 is 2.00 bits per heavy atom. The van der Waals surface area contributed by atoms with Gasteiger partial charge in [0.1, 0.15) is 12.4 Å². The van der Waals surface area contributed by atoms with Crippen LogP contribution in [-0.4, -0.2) is 44.2 Å². The van der Waals surface area contributed by atoms with Gasteiger partial charge in [0, 0.05) is 11.0 Å². The molecule has 0 aliphatic heterocycles. The largest absolute Gasteiger partial charge is 0.492 e. The van der Waals surface area contributed by atoms with Crippen LogP contribution in [0.3, 0.4) is 0 Å². The minimum atomic E-state index is -0.222. The van der Waals surface area contributed by atoms with Gasteiger partial charge in [-0.05, 0) is 30.8 Å². The third kappa shape index (κ3) is 5.51. The summed E-state index contributed by atoms with van der Waals surface area (Å²) in [5.74, 6) is 0.604. The zero-order valence-corrected chi connectivity index (χ0v) is 12.3. The lowest BCUT2D eigenvalue weighted by Gasteiger charge is -2.18. The number of rotatable bonds is 7. The SMILES string of the molecule is CCN(CCOc1ccc(Br)cc1)CC(=O)OC. The minimum absolute atomic E-state index is 0.222. The number of benzene rings is 1. The maximum absolute atomic E-state index is 11.1. The average Bonchev–Trinajstić information content (AvgIpc) is 2.39. The monoisotopic (exact) mass is 315 g/mol. The van der Waals surface area contributed by atoms with Crippen LogP contribution in [0.25, 0.3) is 0 Å². The van der Waals surface area contributed by atoms with Crippen molar-refractivity contribution >= 4 is 21.9 Å². The van der Waals surface area contributed by atoms with Gasteiger partial charge in [0.25, 0.3) is 0 Å². The number of likely N-dealkylation sites (N-methyl/N-ethyl adjacent to an activating group) is 1. The van der Waals surface area contributed by atoms with Crippen molar-refractivity contribution in [3.05, 3.63) is 28.7 Å². The fraction of sp³-hybridized carbons (Fsp3) is 0.462. The van der Waals surface area contributed by atoms with E-state index in [1.165, 1.54) is 7.11 Å². The molecule has 1 aromatic carbocycles. The Morgan fingerprint density at radius 1 is 1.33 bits per heavy atom. The highest BCUT2D eigenvalue weighted by Crippen LogP contribution is 2.15. The van der Waals surface area contributed by atoms with Crippen molar-refractivity contribution in [2.24, 2.45) is 0 Å². The zero-order chi connectivity index (χ0) is 13.4. The maximum Gasteiger partial charge on any atom is 0.319 e. The maximum atomic E-state index is 11.1. The fourth-order valence-corrected chi connectivity index (χ4v) is 1.68. The molecule has 0 bridgehead atoms. The highest BCUT2D eigenvalue weighted by molar-refractivity contribution is 9.10. The van der Waals surface area contributed by atoms with Gasteiger partial charge in [-0.2, -0.15) is 0 Å². The van der Waals surface area contributed by atoms with Crippen LogP contribution in [0, 0.1) is 0 Å². The highest BCUT2D eigenvalue weighted by atomic mass is 79.9. The summed E-state index contributed by atoms with van der Waals surface area (Å²) in [5.41, 5.74) is 0. The molecule has 0 saturated carbocycles. The van der Waals surface area contributed by atoms with Crippen LogP contribution in [0.15, 0.2) is 28.7 Å². The third-order valence-corrected chi connectivity index (χ3v) is 3.05. The van der Waals surface area contributed by atoms with Crippen molar-refractivity contribution in [2.75, 3.05) is 33.4 Å². The van der Waals surface area contributed by atoms with Crippen LogP contribution in [0.1, 0.15) is 6.92 Å². The van der Waals surface area contributed by atoms with E-state index in [4.69, 9.17) is 4.74 Å². The molecule has 0 spiro atoms. The molecule has 0 radical (unpaired) electrons. The molecule has 0 aliphatic carbocycles. The number of esters is 1. The lowest BCUT2D eigenvalue weighted by molar-refractivity contribution is -0.141. The van der Waals surface area contributed by atoms with Gasteiger partial charge in [-0.25, -0.2) is 0 Å². The molecule has 0 unspecified atom stereocenters. The second-order valence-corrected chi connectivity index (χ2v) is 4.66. The van der Waals surface area contributed by atoms with Crippen molar-refractivity contribution in [1.29, 1.82) is 0 Å². The van der Waals surface area contributed by atoms with Crippen molar-refractivity contribution in [1.82, 2.24) is 4.90 Å². The van der Waals surface area contributed by atoms with Gasteiger partial charge in [0.2, 0.25) is 0 Å². The first-order chi connectivity index (χ1) is 8.65. The number of carbonyl (C=O) groups excluding carboxylic acids is 1. The predicted octanol–water partition coefficient (Wildman–Crippen LogP) is 2.32. The van der Waals surface area contributed by atoms with Crippen molar-refractivity contribution in [3.63, 3.8) is 0 Å². The van der Waals surface area contributed by atoms with Crippen LogP contribution in [0.5, 0.6) is 5.75 Å². The molecule has 1 aromatic rings. The quantitative estimate of drug-likeness (QED) is 0.724. The van der Waals surface area contributed by atoms with Gasteiger partial charge >= 0.3 is 5.97 Å². The number of hydrogen-bond donors (Lipinski definition) is 0. The molecule has 0 heterocycles. The van der Waals surface area contributed by atoms with Crippen molar-refractivity contribution in [2.45, 2.75) is 6.92 Å². The van der Waals surface area contributed by atoms with Crippen molar-refractivity contribution < 1.29 is 14.3 Å². The topological polar surface area (TPSA) is 38.8 Å². The standard InChI is InChI=1S/C13H18BrNO3/c1-3-15(10-13(16)17-2)8-9-18-12-6-4-11(14)5-7-12/h4-7H,3,8-10H2,1-2H3. The molecule has 0 amide bonds. The van der Waals surface area contributed by atoms with E-state index in [9.17, 15) is 4.79 Å². The molecular formula is C13H18BrNO3. The molecule has 5 heteroatoms. The van der Waals surface area contributed by atoms with Gasteiger partial charge in [-0.3, -0.25) is 9.69 Å². The Morgan fingerprint density at radius 3 is 2.56 bits per heavy atom. The summed E-state index contributed by atoms with van der Waals surface area (Å²) in [5, 5.41) is 0. The lowest BCUT2D eigenvalue weighted by atomic mass is 10.3. The van der Waals surface area contributed by atoms with E-state index < -0.39 is 0 Å². The Kier molecular flexibility index (Phi) is 6.75. The molecule has 0 aromatic heterocycles. The molecule has 0 N–H and O–H groups in total. The number of nitrogens with zero attached hydrogens (tertiary/aromatic N) is 1. The van der Waals surface area contributed by atoms with E-state index in [0.717, 1.165) is 16.8 Å². The Hall–Kier alpha value is -1.07. The second kappa shape index (κ2) is 8.11. The second-order valence-electron chi connectivity index (χ2n) is 3.75. The number of halogens is 1. The minimum Gasteiger partial charge on any atom is -0.492 e. The summed E-state index contributed by atoms with van der Waals surface area (Å²) in [6.07, 6.45) is 0. The molecule has 0 saturated heterocycles. The van der Waals surface area contributed by atoms with Crippen LogP contribution in [-0.2, 0) is 9.53 Å². The Bertz CT molecular complexity index is 367. The molecule has 4 nitrogen and oxygen atoms in total. The van der Waals surface area contributed by atoms with Gasteiger partial charge in [-0.15, -0.1) is 0 Å². The highest BCUT2D eigenvalue weighted by Gasteiger charge is 2.08. The van der Waals surface area contributed by atoms with E-state index in [1.807, 2.05) is 36.1 Å². The van der Waals surface area contributed by atoms with E-state index in [2.05, 4.69) is 20.7 Å². The normalized spacial score (nSPS) is 10.4. The molecule has 0 aliphatic rings. The van der Waals surface area contributed by atoms with Gasteiger partial charge in [0.05, 0.1) is 13.7 Å². The number of methoxy groups -OCH3 is 1. The Balaban J connectivity index is 2.30. The number of hydrogen-bond acceptors (Lipinski definition) is 4. The summed E-state index contributed by atoms with van der Waals surface area (Å²) in [6, 6.07) is 7.67. The van der Waals surface area contributed by atoms with Crippen LogP contribution >= 0.6 is 15.9 Å². The van der Waals surface area contributed by atoms with Gasteiger partial charge in [0.15, 0.2) is 0 Å². The summed E-state index contributed by atoms with van der Waals surface area (Å²) in [7, 11) is 1.40. The van der Waals surface area contributed by atoms with Gasteiger partial charge < -0.3 is 9.47 Å². The van der Waals surface area contributed by atoms with E-state index in [-0.39, 0.29) is 5.97 Å². The van der Waals surface area contributed by atoms with Crippen LogP contribution in [0.2, 0.25) is 0 Å².